The van der Waals surface area contributed by atoms with Crippen LogP contribution >= 0.6 is 0 Å². The highest BCUT2D eigenvalue weighted by molar-refractivity contribution is 6.07. The molecule has 9 heteroatoms. The number of nitrogens with zero attached hydrogens (tertiary/aromatic N) is 4. The molecule has 3 aromatic carbocycles. The van der Waals surface area contributed by atoms with Gasteiger partial charge in [-0.2, -0.15) is 5.26 Å². The van der Waals surface area contributed by atoms with Crippen LogP contribution in [0, 0.1) is 11.3 Å². The van der Waals surface area contributed by atoms with E-state index < -0.39 is 5.91 Å². The second kappa shape index (κ2) is 11.4. The number of anilines is 1. The number of fused-ring (bicyclic) bond motifs is 1. The van der Waals surface area contributed by atoms with Gasteiger partial charge in [-0.3, -0.25) is 9.59 Å². The molecule has 6 rings (SSSR count). The van der Waals surface area contributed by atoms with E-state index in [-0.39, 0.29) is 29.1 Å². The number of rotatable bonds is 5. The number of amides is 2. The number of phenolic OH excluding ortho intramolecular Hbond substituents is 1. The Labute approximate surface area is 248 Å². The summed E-state index contributed by atoms with van der Waals surface area (Å²) in [6.45, 7) is 1.13. The molecule has 1 aliphatic heterocycles. The van der Waals surface area contributed by atoms with Crippen molar-refractivity contribution in [2.75, 3.05) is 18.4 Å². The molecule has 1 unspecified atom stereocenters. The molecule has 4 N–H and O–H groups in total. The Hall–Kier alpha value is -5.46. The van der Waals surface area contributed by atoms with Crippen molar-refractivity contribution in [3.63, 3.8) is 0 Å². The number of piperidine rings is 1. The van der Waals surface area contributed by atoms with Crippen molar-refractivity contribution in [2.24, 2.45) is 12.8 Å². The number of benzene rings is 3. The quantitative estimate of drug-likeness (QED) is 0.262. The minimum absolute atomic E-state index is 0.00184. The van der Waals surface area contributed by atoms with Gasteiger partial charge in [0, 0.05) is 53.8 Å². The zero-order chi connectivity index (χ0) is 30.1. The number of nitrogens with two attached hydrogens (primary N) is 1. The number of nitrogens with one attached hydrogen (secondary N) is 1. The van der Waals surface area contributed by atoms with Crippen LogP contribution < -0.4 is 11.1 Å². The van der Waals surface area contributed by atoms with Gasteiger partial charge in [-0.15, -0.1) is 0 Å². The minimum Gasteiger partial charge on any atom is -0.507 e. The summed E-state index contributed by atoms with van der Waals surface area (Å²) in [5, 5.41) is 24.8. The second-order valence-electron chi connectivity index (χ2n) is 10.7. The molecule has 3 heterocycles. The lowest BCUT2D eigenvalue weighted by Crippen LogP contribution is -2.45. The number of aromatic nitrogens is 2. The van der Waals surface area contributed by atoms with Crippen LogP contribution in [-0.4, -0.2) is 50.5 Å². The molecular weight excluding hydrogens is 540 g/mol. The van der Waals surface area contributed by atoms with Crippen molar-refractivity contribution in [2.45, 2.75) is 18.9 Å². The number of aromatic hydroxyl groups is 1. The van der Waals surface area contributed by atoms with Crippen LogP contribution in [0.15, 0.2) is 84.9 Å². The van der Waals surface area contributed by atoms with Gasteiger partial charge in [0.1, 0.15) is 23.1 Å². The molecule has 1 saturated heterocycles. The van der Waals surface area contributed by atoms with Crippen LogP contribution in [0.25, 0.3) is 33.3 Å². The number of hydrogen-bond donors (Lipinski definition) is 3. The zero-order valence-corrected chi connectivity index (χ0v) is 23.6. The van der Waals surface area contributed by atoms with Crippen molar-refractivity contribution in [1.29, 1.82) is 5.26 Å². The summed E-state index contributed by atoms with van der Waals surface area (Å²) in [5.74, 6) is -0.516. The number of carbonyl (C=O) groups excluding carboxylic acids is 2. The lowest BCUT2D eigenvalue weighted by atomic mass is 9.96. The Kier molecular flexibility index (Phi) is 7.36. The maximum absolute atomic E-state index is 13.6. The van der Waals surface area contributed by atoms with E-state index in [1.165, 1.54) is 0 Å². The van der Waals surface area contributed by atoms with Gasteiger partial charge in [0.15, 0.2) is 5.82 Å². The van der Waals surface area contributed by atoms with E-state index in [4.69, 9.17) is 5.73 Å². The number of pyridine rings is 1. The highest BCUT2D eigenvalue weighted by Gasteiger charge is 2.24. The fourth-order valence-corrected chi connectivity index (χ4v) is 5.68. The first kappa shape index (κ1) is 27.7. The fraction of sp³-hybridized carbons (Fsp3) is 0.176. The van der Waals surface area contributed by atoms with E-state index in [0.29, 0.717) is 46.7 Å². The third kappa shape index (κ3) is 5.32. The molecule has 9 nitrogen and oxygen atoms in total. The van der Waals surface area contributed by atoms with E-state index in [1.807, 2.05) is 24.3 Å². The lowest BCUT2D eigenvalue weighted by molar-refractivity contribution is 0.0708. The van der Waals surface area contributed by atoms with Crippen molar-refractivity contribution in [1.82, 2.24) is 14.5 Å². The number of likely N-dealkylation sites (tertiary alicyclic amines) is 1. The first-order chi connectivity index (χ1) is 20.8. The Morgan fingerprint density at radius 1 is 1.02 bits per heavy atom. The van der Waals surface area contributed by atoms with Crippen LogP contribution in [0.5, 0.6) is 5.75 Å². The topological polar surface area (TPSA) is 137 Å². The van der Waals surface area contributed by atoms with E-state index in [1.54, 1.807) is 77.2 Å². The van der Waals surface area contributed by atoms with Crippen LogP contribution in [0.2, 0.25) is 0 Å². The Bertz CT molecular complexity index is 1920. The summed E-state index contributed by atoms with van der Waals surface area (Å²) in [4.78, 5) is 33.4. The largest absolute Gasteiger partial charge is 0.507 e. The number of hydrogen-bond acceptors (Lipinski definition) is 6. The van der Waals surface area contributed by atoms with Gasteiger partial charge in [0.25, 0.3) is 11.8 Å². The number of carbonyl (C=O) groups is 2. The standard InChI is InChI=1S/C34H30N6O3/c1-39-29-13-4-2-8-22(29)17-30(39)33(42)38-32-27(19-35)26(18-28(37-32)25-12-3-5-14-31(25)41)21-9-6-10-23(16-21)34(43)40-15-7-11-24(36)20-40/h2-6,8-10,12-14,16-18,24,41H,7,11,15,20,36H2,1H3,(H,37,38,42). The molecule has 0 bridgehead atoms. The zero-order valence-electron chi connectivity index (χ0n) is 23.6. The van der Waals surface area contributed by atoms with Gasteiger partial charge >= 0.3 is 0 Å². The van der Waals surface area contributed by atoms with E-state index in [0.717, 1.165) is 23.7 Å². The molecule has 0 aliphatic carbocycles. The molecule has 0 saturated carbocycles. The summed E-state index contributed by atoms with van der Waals surface area (Å²) in [7, 11) is 1.80. The minimum atomic E-state index is -0.437. The monoisotopic (exact) mass is 570 g/mol. The van der Waals surface area contributed by atoms with Crippen LogP contribution in [0.3, 0.4) is 0 Å². The number of phenols is 1. The molecular formula is C34H30N6O3. The van der Waals surface area contributed by atoms with E-state index in [9.17, 15) is 20.0 Å². The number of para-hydroxylation sites is 2. The molecule has 0 radical (unpaired) electrons. The maximum atomic E-state index is 13.6. The fourth-order valence-electron chi connectivity index (χ4n) is 5.68. The van der Waals surface area contributed by atoms with Gasteiger partial charge in [0.05, 0.1) is 5.69 Å². The molecule has 43 heavy (non-hydrogen) atoms. The predicted molar refractivity (Wildman–Crippen MR) is 165 cm³/mol. The van der Waals surface area contributed by atoms with E-state index in [2.05, 4.69) is 16.4 Å². The molecule has 1 fully saturated rings. The Morgan fingerprint density at radius 3 is 2.58 bits per heavy atom. The molecule has 2 aromatic heterocycles. The Morgan fingerprint density at radius 2 is 1.81 bits per heavy atom. The highest BCUT2D eigenvalue weighted by atomic mass is 16.3. The van der Waals surface area contributed by atoms with Gasteiger partial charge in [0.2, 0.25) is 0 Å². The number of aryl methyl sites for hydroxylation is 1. The summed E-state index contributed by atoms with van der Waals surface area (Å²) >= 11 is 0. The van der Waals surface area contributed by atoms with Gasteiger partial charge in [-0.1, -0.05) is 42.5 Å². The SMILES string of the molecule is Cn1c(C(=O)Nc2nc(-c3ccccc3O)cc(-c3cccc(C(=O)N4CCCC(N)C4)c3)c2C#N)cc2ccccc21. The molecule has 1 atom stereocenters. The smallest absolute Gasteiger partial charge is 0.273 e. The summed E-state index contributed by atoms with van der Waals surface area (Å²) in [6.07, 6.45) is 1.73. The maximum Gasteiger partial charge on any atom is 0.273 e. The first-order valence-electron chi connectivity index (χ1n) is 14.1. The predicted octanol–water partition coefficient (Wildman–Crippen LogP) is 5.30. The van der Waals surface area contributed by atoms with E-state index >= 15 is 0 Å². The summed E-state index contributed by atoms with van der Waals surface area (Å²) < 4.78 is 1.78. The van der Waals surface area contributed by atoms with Crippen molar-refractivity contribution in [3.8, 4) is 34.2 Å². The van der Waals surface area contributed by atoms with Crippen LogP contribution in [0.4, 0.5) is 5.82 Å². The first-order valence-corrected chi connectivity index (χ1v) is 14.1. The molecule has 1 aliphatic rings. The van der Waals surface area contributed by atoms with Gasteiger partial charge < -0.3 is 25.6 Å². The molecule has 0 spiro atoms. The molecule has 2 amide bonds. The van der Waals surface area contributed by atoms with Crippen LogP contribution in [-0.2, 0) is 7.05 Å². The van der Waals surface area contributed by atoms with Crippen molar-refractivity contribution < 1.29 is 14.7 Å². The summed E-state index contributed by atoms with van der Waals surface area (Å²) in [5.41, 5.74) is 9.87. The molecule has 5 aromatic rings. The van der Waals surface area contributed by atoms with Crippen molar-refractivity contribution in [3.05, 3.63) is 102 Å². The molecule has 214 valence electrons. The third-order valence-corrected chi connectivity index (χ3v) is 7.89. The van der Waals surface area contributed by atoms with Gasteiger partial charge in [-0.05, 0) is 60.9 Å². The lowest BCUT2D eigenvalue weighted by Gasteiger charge is -2.31. The second-order valence-corrected chi connectivity index (χ2v) is 10.7. The summed E-state index contributed by atoms with van der Waals surface area (Å²) in [6, 6.07) is 27.1. The highest BCUT2D eigenvalue weighted by Crippen LogP contribution is 2.36. The normalized spacial score (nSPS) is 14.8. The number of nitriles is 1. The van der Waals surface area contributed by atoms with Gasteiger partial charge in [-0.25, -0.2) is 4.98 Å². The van der Waals surface area contributed by atoms with Crippen molar-refractivity contribution >= 4 is 28.5 Å². The Balaban J connectivity index is 1.45. The average molecular weight is 571 g/mol. The third-order valence-electron chi connectivity index (χ3n) is 7.89. The van der Waals surface area contributed by atoms with Crippen LogP contribution in [0.1, 0.15) is 39.3 Å². The average Bonchev–Trinajstić information content (AvgIpc) is 3.37.